The van der Waals surface area contributed by atoms with Crippen LogP contribution < -0.4 is 10.0 Å². The molecular formula is C28H54B2N2O3S. The zero-order valence-corrected chi connectivity index (χ0v) is 23.9. The van der Waals surface area contributed by atoms with Crippen LogP contribution in [0.1, 0.15) is 148 Å². The van der Waals surface area contributed by atoms with Crippen LogP contribution in [0.15, 0.2) is 0 Å². The summed E-state index contributed by atoms with van der Waals surface area (Å²) in [4.78, 5) is 13.0. The molecule has 0 radical (unpaired) electrons. The maximum absolute atomic E-state index is 13.0. The summed E-state index contributed by atoms with van der Waals surface area (Å²) in [5.74, 6) is 1.07. The van der Waals surface area contributed by atoms with E-state index in [1.807, 2.05) is 0 Å². The van der Waals surface area contributed by atoms with Crippen LogP contribution >= 0.6 is 0 Å². The maximum atomic E-state index is 13.0. The standard InChI is InChI=1S/C28H54B2N2O3S/c33-28(29-24-16-10-5-2-1-3-6-11-17-24)31-26-20-14-9-15-21-27(23-22-26)32-36(34,35)30-25-18-12-7-4-8-13-19-25/h24-27,29-30,32H,1-23H2,(H,31,33). The molecule has 1 amide bonds. The molecule has 3 saturated carbocycles. The van der Waals surface area contributed by atoms with E-state index in [0.717, 1.165) is 57.8 Å². The molecule has 0 aliphatic heterocycles. The van der Waals surface area contributed by atoms with Crippen LogP contribution in [0.5, 0.6) is 0 Å². The van der Waals surface area contributed by atoms with E-state index in [4.69, 9.17) is 0 Å². The van der Waals surface area contributed by atoms with Gasteiger partial charge in [-0.1, -0.05) is 128 Å². The van der Waals surface area contributed by atoms with Crippen molar-refractivity contribution in [3.05, 3.63) is 0 Å². The van der Waals surface area contributed by atoms with E-state index in [9.17, 15) is 13.2 Å². The van der Waals surface area contributed by atoms with Gasteiger partial charge in [0.25, 0.3) is 6.56 Å². The van der Waals surface area contributed by atoms with Crippen molar-refractivity contribution in [3.63, 3.8) is 0 Å². The van der Waals surface area contributed by atoms with Crippen LogP contribution in [-0.4, -0.2) is 40.1 Å². The molecule has 0 spiro atoms. The third kappa shape index (κ3) is 12.8. The van der Waals surface area contributed by atoms with Gasteiger partial charge in [-0.2, -0.15) is 0 Å². The Hall–Kier alpha value is -0.490. The summed E-state index contributed by atoms with van der Waals surface area (Å²) in [6, 6.07) is 0.201. The van der Waals surface area contributed by atoms with Crippen LogP contribution in [-0.2, 0) is 9.87 Å². The van der Waals surface area contributed by atoms with Gasteiger partial charge in [-0.15, -0.1) is 0 Å². The molecule has 3 fully saturated rings. The second kappa shape index (κ2) is 17.2. The van der Waals surface area contributed by atoms with Gasteiger partial charge in [0.2, 0.25) is 7.28 Å². The first-order chi connectivity index (χ1) is 17.5. The minimum atomic E-state index is -3.26. The fourth-order valence-corrected chi connectivity index (χ4v) is 8.67. The predicted molar refractivity (Wildman–Crippen MR) is 156 cm³/mol. The Kier molecular flexibility index (Phi) is 14.3. The summed E-state index contributed by atoms with van der Waals surface area (Å²) >= 11 is 0. The van der Waals surface area contributed by atoms with Gasteiger partial charge in [0.15, 0.2) is 15.7 Å². The number of carbonyl (C=O) groups excluding carboxylic acids is 1. The molecule has 0 aromatic heterocycles. The van der Waals surface area contributed by atoms with Gasteiger partial charge in [0.1, 0.15) is 0 Å². The van der Waals surface area contributed by atoms with Crippen LogP contribution in [0.3, 0.4) is 0 Å². The molecule has 0 aromatic carbocycles. The Labute approximate surface area is 223 Å². The molecule has 206 valence electrons. The van der Waals surface area contributed by atoms with Gasteiger partial charge in [-0.05, 0) is 31.5 Å². The summed E-state index contributed by atoms with van der Waals surface area (Å²) in [7, 11) is -2.58. The van der Waals surface area contributed by atoms with E-state index in [1.54, 1.807) is 0 Å². The van der Waals surface area contributed by atoms with Gasteiger partial charge < -0.3 is 5.32 Å². The Bertz CT molecular complexity index is 704. The van der Waals surface area contributed by atoms with Gasteiger partial charge in [-0.25, -0.2) is 13.1 Å². The van der Waals surface area contributed by atoms with Crippen molar-refractivity contribution in [1.29, 1.82) is 0 Å². The van der Waals surface area contributed by atoms with E-state index in [0.29, 0.717) is 25.5 Å². The van der Waals surface area contributed by atoms with Crippen LogP contribution in [0, 0.1) is 0 Å². The van der Waals surface area contributed by atoms with Crippen LogP contribution in [0.2, 0.25) is 11.6 Å². The van der Waals surface area contributed by atoms with E-state index in [2.05, 4.69) is 10.0 Å². The van der Waals surface area contributed by atoms with E-state index in [-0.39, 0.29) is 17.9 Å². The Morgan fingerprint density at radius 2 is 0.944 bits per heavy atom. The largest absolute Gasteiger partial charge is 0.362 e. The minimum absolute atomic E-state index is 0.0133. The zero-order valence-electron chi connectivity index (χ0n) is 23.1. The lowest BCUT2D eigenvalue weighted by molar-refractivity contribution is 0.253. The summed E-state index contributed by atoms with van der Waals surface area (Å²) in [6.07, 6.45) is 26.9. The monoisotopic (exact) mass is 520 g/mol. The van der Waals surface area contributed by atoms with Gasteiger partial charge >= 0.3 is 0 Å². The molecule has 3 aliphatic rings. The molecule has 8 heteroatoms. The maximum Gasteiger partial charge on any atom is 0.296 e. The summed E-state index contributed by atoms with van der Waals surface area (Å²) in [5, 5.41) is 3.37. The van der Waals surface area contributed by atoms with Crippen molar-refractivity contribution in [3.8, 4) is 0 Å². The second-order valence-electron chi connectivity index (χ2n) is 12.4. The Morgan fingerprint density at radius 3 is 1.53 bits per heavy atom. The highest BCUT2D eigenvalue weighted by atomic mass is 32.2. The highest BCUT2D eigenvalue weighted by molar-refractivity contribution is 8.13. The normalized spacial score (nSPS) is 27.3. The summed E-state index contributed by atoms with van der Waals surface area (Å²) < 4.78 is 29.2. The minimum Gasteiger partial charge on any atom is -0.362 e. The summed E-state index contributed by atoms with van der Waals surface area (Å²) in [5.41, 5.74) is 0. The first-order valence-electron chi connectivity index (χ1n) is 15.8. The highest BCUT2D eigenvalue weighted by Crippen LogP contribution is 2.28. The quantitative estimate of drug-likeness (QED) is 0.366. The van der Waals surface area contributed by atoms with Crippen molar-refractivity contribution in [2.75, 3.05) is 0 Å². The van der Waals surface area contributed by atoms with Crippen molar-refractivity contribution in [2.45, 2.75) is 171 Å². The molecule has 0 saturated heterocycles. The van der Waals surface area contributed by atoms with Crippen LogP contribution in [0.25, 0.3) is 0 Å². The number of hydrogen-bond acceptors (Lipinski definition) is 3. The van der Waals surface area contributed by atoms with E-state index in [1.165, 1.54) is 89.9 Å². The average molecular weight is 520 g/mol. The Balaban J connectivity index is 1.45. The Morgan fingerprint density at radius 1 is 0.528 bits per heavy atom. The zero-order chi connectivity index (χ0) is 25.5. The molecular weight excluding hydrogens is 466 g/mol. The van der Waals surface area contributed by atoms with Crippen molar-refractivity contribution >= 4 is 29.5 Å². The lowest BCUT2D eigenvalue weighted by atomic mass is 9.59. The molecule has 0 aromatic rings. The van der Waals surface area contributed by atoms with Crippen molar-refractivity contribution in [2.24, 2.45) is 0 Å². The fourth-order valence-electron chi connectivity index (χ4n) is 6.88. The number of nitrogens with one attached hydrogen (secondary N) is 2. The van der Waals surface area contributed by atoms with Gasteiger partial charge in [-0.3, -0.25) is 4.79 Å². The van der Waals surface area contributed by atoms with Crippen molar-refractivity contribution < 1.29 is 13.2 Å². The predicted octanol–water partition coefficient (Wildman–Crippen LogP) is 6.73. The molecule has 5 nitrogen and oxygen atoms in total. The number of rotatable bonds is 7. The molecule has 3 aliphatic carbocycles. The first-order valence-corrected chi connectivity index (χ1v) is 17.4. The van der Waals surface area contributed by atoms with Gasteiger partial charge in [0, 0.05) is 12.1 Å². The van der Waals surface area contributed by atoms with Crippen LogP contribution in [0.4, 0.5) is 4.79 Å². The number of amides is 1. The first kappa shape index (κ1) is 30.1. The third-order valence-corrected chi connectivity index (χ3v) is 10.7. The fraction of sp³-hybridized carbons (Fsp3) is 0.964. The topological polar surface area (TPSA) is 75.3 Å². The lowest BCUT2D eigenvalue weighted by Gasteiger charge is -2.24. The smallest absolute Gasteiger partial charge is 0.296 e. The lowest BCUT2D eigenvalue weighted by Crippen LogP contribution is -2.41. The second-order valence-corrected chi connectivity index (χ2v) is 14.2. The third-order valence-electron chi connectivity index (χ3n) is 9.06. The van der Waals surface area contributed by atoms with E-state index < -0.39 is 9.87 Å². The molecule has 0 heterocycles. The number of carbonyl (C=O) groups is 1. The number of hydrogen-bond donors (Lipinski definition) is 2. The highest BCUT2D eigenvalue weighted by Gasteiger charge is 2.27. The van der Waals surface area contributed by atoms with E-state index >= 15 is 0 Å². The molecule has 2 N–H and O–H groups in total. The van der Waals surface area contributed by atoms with Gasteiger partial charge in [0.05, 0.1) is 0 Å². The van der Waals surface area contributed by atoms with Crippen molar-refractivity contribution in [1.82, 2.24) is 10.0 Å². The average Bonchev–Trinajstić information content (AvgIpc) is 2.92. The molecule has 0 bridgehead atoms. The molecule has 3 rings (SSSR count). The molecule has 2 atom stereocenters. The molecule has 2 unspecified atom stereocenters. The summed E-state index contributed by atoms with van der Waals surface area (Å²) in [6.45, 7) is 0.297. The molecule has 36 heavy (non-hydrogen) atoms. The SMILES string of the molecule is O=C(BC1CCCCCCCCC1)NC1CCCCCC(NS(=O)(=O)BC2CCCCCCC2)CC1.